The molecule has 3 rings (SSSR count). The van der Waals surface area contributed by atoms with Crippen molar-refractivity contribution in [2.75, 3.05) is 27.2 Å². The number of rotatable bonds is 4. The van der Waals surface area contributed by atoms with Gasteiger partial charge in [0.05, 0.1) is 18.5 Å². The van der Waals surface area contributed by atoms with Crippen LogP contribution in [0.4, 0.5) is 4.79 Å². The summed E-state index contributed by atoms with van der Waals surface area (Å²) in [7, 11) is 3.50. The lowest BCUT2D eigenvalue weighted by Crippen LogP contribution is -2.79. The van der Waals surface area contributed by atoms with Crippen LogP contribution in [0.15, 0.2) is 4.99 Å². The quantitative estimate of drug-likeness (QED) is 0.331. The van der Waals surface area contributed by atoms with E-state index in [0.29, 0.717) is 19.4 Å². The highest BCUT2D eigenvalue weighted by Crippen LogP contribution is 2.46. The minimum Gasteiger partial charge on any atom is -0.444 e. The highest BCUT2D eigenvalue weighted by Gasteiger charge is 2.67. The predicted molar refractivity (Wildman–Crippen MR) is 129 cm³/mol. The molecule has 0 radical (unpaired) electrons. The van der Waals surface area contributed by atoms with E-state index in [1.165, 1.54) is 16.1 Å². The first-order valence-corrected chi connectivity index (χ1v) is 12.1. The van der Waals surface area contributed by atoms with E-state index in [9.17, 15) is 19.2 Å². The molecule has 3 aliphatic rings. The van der Waals surface area contributed by atoms with Crippen molar-refractivity contribution >= 4 is 30.2 Å². The molecule has 0 saturated carbocycles. The number of amides is 4. The van der Waals surface area contributed by atoms with Crippen LogP contribution in [0.2, 0.25) is 0 Å². The van der Waals surface area contributed by atoms with Crippen LogP contribution < -0.4 is 0 Å². The van der Waals surface area contributed by atoms with Gasteiger partial charge in [-0.3, -0.25) is 19.3 Å². The molecular formula is C24H39N5O6. The smallest absolute Gasteiger partial charge is 0.413 e. The normalized spacial score (nSPS) is 30.3. The number of carbonyl (C=O) groups is 4. The maximum Gasteiger partial charge on any atom is 0.413 e. The minimum absolute atomic E-state index is 0.145. The maximum absolute atomic E-state index is 14.0. The molecule has 0 aromatic heterocycles. The molecule has 0 N–H and O–H groups in total. The van der Waals surface area contributed by atoms with Gasteiger partial charge < -0.3 is 24.2 Å². The summed E-state index contributed by atoms with van der Waals surface area (Å²) in [6.45, 7) is 12.6. The third kappa shape index (κ3) is 4.74. The molecular weight excluding hydrogens is 454 g/mol. The van der Waals surface area contributed by atoms with Crippen molar-refractivity contribution in [3.8, 4) is 0 Å². The average molecular weight is 494 g/mol. The van der Waals surface area contributed by atoms with E-state index in [2.05, 4.69) is 4.99 Å². The Morgan fingerprint density at radius 2 is 1.86 bits per heavy atom. The molecule has 11 nitrogen and oxygen atoms in total. The molecule has 4 amide bonds. The van der Waals surface area contributed by atoms with Crippen molar-refractivity contribution in [1.29, 1.82) is 0 Å². The Bertz CT molecular complexity index is 926. The van der Waals surface area contributed by atoms with Gasteiger partial charge in [-0.2, -0.15) is 0 Å². The first-order chi connectivity index (χ1) is 16.0. The van der Waals surface area contributed by atoms with Crippen LogP contribution in [0.25, 0.3) is 0 Å². The fraction of sp³-hybridized carbons (Fsp3) is 0.792. The SMILES string of the molecule is CC1N(CC(=O)N=CN(C)C)C(=O)C12CCCN2C(=O)C1[C@@H](C)OC(C)(C)N1C(=O)OC(C)(C)C. The van der Waals surface area contributed by atoms with Gasteiger partial charge in [0.1, 0.15) is 29.5 Å². The second-order valence-electron chi connectivity index (χ2n) is 11.3. The Hall–Kier alpha value is -2.69. The van der Waals surface area contributed by atoms with Gasteiger partial charge in [-0.1, -0.05) is 0 Å². The number of ether oxygens (including phenoxy) is 2. The number of hydrogen-bond donors (Lipinski definition) is 0. The highest BCUT2D eigenvalue weighted by molar-refractivity contribution is 6.02. The molecule has 3 saturated heterocycles. The lowest BCUT2D eigenvalue weighted by atomic mass is 9.77. The van der Waals surface area contributed by atoms with Gasteiger partial charge in [-0.25, -0.2) is 9.79 Å². The van der Waals surface area contributed by atoms with E-state index >= 15 is 0 Å². The topological polar surface area (TPSA) is 112 Å². The van der Waals surface area contributed by atoms with E-state index < -0.39 is 41.0 Å². The number of carbonyl (C=O) groups excluding carboxylic acids is 4. The van der Waals surface area contributed by atoms with Crippen LogP contribution in [0.3, 0.4) is 0 Å². The molecule has 3 unspecified atom stereocenters. The number of hydrogen-bond acceptors (Lipinski definition) is 6. The molecule has 3 fully saturated rings. The first-order valence-electron chi connectivity index (χ1n) is 12.1. The summed E-state index contributed by atoms with van der Waals surface area (Å²) >= 11 is 0. The third-order valence-electron chi connectivity index (χ3n) is 6.84. The van der Waals surface area contributed by atoms with Gasteiger partial charge >= 0.3 is 6.09 Å². The maximum atomic E-state index is 14.0. The standard InChI is InChI=1S/C24H39N5O6/c1-15-18(29(23(6,7)34-15)21(33)35-22(3,4)5)19(31)28-12-10-11-24(28)16(2)27(20(24)32)13-17(30)25-14-26(8)9/h14-16,18H,10-13H2,1-9H3/t15-,16?,18?,24?/m1/s1. The molecule has 0 aromatic rings. The summed E-state index contributed by atoms with van der Waals surface area (Å²) in [6.07, 6.45) is 1.32. The van der Waals surface area contributed by atoms with E-state index in [1.54, 1.807) is 65.4 Å². The Morgan fingerprint density at radius 1 is 1.23 bits per heavy atom. The van der Waals surface area contributed by atoms with Crippen molar-refractivity contribution < 1.29 is 28.7 Å². The van der Waals surface area contributed by atoms with Gasteiger partial charge in [-0.05, 0) is 61.3 Å². The zero-order valence-corrected chi connectivity index (χ0v) is 22.3. The molecule has 4 atom stereocenters. The van der Waals surface area contributed by atoms with Gasteiger partial charge in [0.2, 0.25) is 5.91 Å². The van der Waals surface area contributed by atoms with Gasteiger partial charge in [-0.15, -0.1) is 0 Å². The van der Waals surface area contributed by atoms with Crippen LogP contribution in [0.1, 0.15) is 61.3 Å². The Kier molecular flexibility index (Phi) is 6.97. The Balaban J connectivity index is 1.84. The number of β-lactam (4-membered cyclic amide) rings is 1. The molecule has 3 aliphatic heterocycles. The minimum atomic E-state index is -1.06. The number of aliphatic imine (C=N–C) groups is 1. The van der Waals surface area contributed by atoms with Crippen LogP contribution in [0, 0.1) is 0 Å². The largest absolute Gasteiger partial charge is 0.444 e. The molecule has 0 aliphatic carbocycles. The summed E-state index contributed by atoms with van der Waals surface area (Å²) in [5.74, 6) is -1.04. The van der Waals surface area contributed by atoms with Crippen LogP contribution in [-0.2, 0) is 23.9 Å². The van der Waals surface area contributed by atoms with Crippen molar-refractivity contribution in [2.45, 2.75) is 96.4 Å². The van der Waals surface area contributed by atoms with Crippen LogP contribution in [-0.4, -0.2) is 112 Å². The average Bonchev–Trinajstić information content (AvgIpc) is 3.27. The van der Waals surface area contributed by atoms with E-state index in [4.69, 9.17) is 9.47 Å². The van der Waals surface area contributed by atoms with Crippen LogP contribution >= 0.6 is 0 Å². The summed E-state index contributed by atoms with van der Waals surface area (Å²) in [4.78, 5) is 62.6. The second kappa shape index (κ2) is 9.07. The third-order valence-corrected chi connectivity index (χ3v) is 6.84. The zero-order chi connectivity index (χ0) is 26.5. The summed E-state index contributed by atoms with van der Waals surface area (Å²) in [5, 5.41) is 0. The fourth-order valence-corrected chi connectivity index (χ4v) is 5.41. The number of nitrogens with zero attached hydrogens (tertiary/aromatic N) is 5. The highest BCUT2D eigenvalue weighted by atomic mass is 16.6. The van der Waals surface area contributed by atoms with Crippen molar-refractivity contribution in [2.24, 2.45) is 4.99 Å². The molecule has 1 spiro atoms. The summed E-state index contributed by atoms with van der Waals surface area (Å²) < 4.78 is 11.6. The van der Waals surface area contributed by atoms with Gasteiger partial charge in [0.15, 0.2) is 0 Å². The molecule has 196 valence electrons. The summed E-state index contributed by atoms with van der Waals surface area (Å²) in [5.41, 5.74) is -2.84. The second-order valence-corrected chi connectivity index (χ2v) is 11.3. The molecule has 35 heavy (non-hydrogen) atoms. The van der Waals surface area contributed by atoms with E-state index in [1.807, 2.05) is 6.92 Å². The van der Waals surface area contributed by atoms with Crippen molar-refractivity contribution in [3.05, 3.63) is 0 Å². The predicted octanol–water partition coefficient (Wildman–Crippen LogP) is 1.46. The first kappa shape index (κ1) is 26.9. The monoisotopic (exact) mass is 493 g/mol. The molecule has 0 aromatic carbocycles. The lowest BCUT2D eigenvalue weighted by molar-refractivity contribution is -0.179. The van der Waals surface area contributed by atoms with E-state index in [0.717, 1.165) is 0 Å². The Morgan fingerprint density at radius 3 is 2.40 bits per heavy atom. The lowest BCUT2D eigenvalue weighted by Gasteiger charge is -2.56. The van der Waals surface area contributed by atoms with Gasteiger partial charge in [0, 0.05) is 20.6 Å². The zero-order valence-electron chi connectivity index (χ0n) is 22.3. The fourth-order valence-electron chi connectivity index (χ4n) is 5.41. The molecule has 11 heteroatoms. The number of likely N-dealkylation sites (tertiary alicyclic amines) is 2. The molecule has 0 bridgehead atoms. The van der Waals surface area contributed by atoms with Crippen molar-refractivity contribution in [1.82, 2.24) is 19.6 Å². The Labute approximate surface area is 207 Å². The molecule has 3 heterocycles. The van der Waals surface area contributed by atoms with Crippen molar-refractivity contribution in [3.63, 3.8) is 0 Å². The summed E-state index contributed by atoms with van der Waals surface area (Å²) in [6, 6.07) is -1.30. The van der Waals surface area contributed by atoms with Gasteiger partial charge in [0.25, 0.3) is 11.8 Å². The van der Waals surface area contributed by atoms with Crippen LogP contribution in [0.5, 0.6) is 0 Å². The van der Waals surface area contributed by atoms with E-state index in [-0.39, 0.29) is 24.4 Å².